The van der Waals surface area contributed by atoms with Gasteiger partial charge < -0.3 is 16.0 Å². The van der Waals surface area contributed by atoms with Crippen molar-refractivity contribution in [1.82, 2.24) is 15.0 Å². The van der Waals surface area contributed by atoms with E-state index in [9.17, 15) is 4.39 Å². The third kappa shape index (κ3) is 3.31. The van der Waals surface area contributed by atoms with E-state index < -0.39 is 0 Å². The lowest BCUT2D eigenvalue weighted by atomic mass is 10.3. The lowest BCUT2D eigenvalue weighted by Gasteiger charge is -2.19. The predicted molar refractivity (Wildman–Crippen MR) is 77.5 cm³/mol. The van der Waals surface area contributed by atoms with Crippen LogP contribution in [0.25, 0.3) is 0 Å². The van der Waals surface area contributed by atoms with Crippen LogP contribution in [0.1, 0.15) is 13.8 Å². The summed E-state index contributed by atoms with van der Waals surface area (Å²) < 4.78 is 13.1. The highest BCUT2D eigenvalue weighted by molar-refractivity contribution is 5.55. The number of benzene rings is 1. The maximum atomic E-state index is 13.1. The molecule has 7 heteroatoms. The fourth-order valence-electron chi connectivity index (χ4n) is 1.78. The van der Waals surface area contributed by atoms with E-state index in [1.807, 2.05) is 18.7 Å². The van der Waals surface area contributed by atoms with Crippen molar-refractivity contribution < 1.29 is 4.39 Å². The van der Waals surface area contributed by atoms with Gasteiger partial charge in [-0.2, -0.15) is 15.0 Å². The second-order valence-corrected chi connectivity index (χ2v) is 4.12. The third-order valence-electron chi connectivity index (χ3n) is 2.77. The van der Waals surface area contributed by atoms with E-state index in [4.69, 9.17) is 5.73 Å². The molecule has 0 amide bonds. The number of hydrogen-bond donors (Lipinski definition) is 2. The van der Waals surface area contributed by atoms with Gasteiger partial charge in [-0.1, -0.05) is 6.07 Å². The Morgan fingerprint density at radius 1 is 1.20 bits per heavy atom. The van der Waals surface area contributed by atoms with Crippen LogP contribution in [0.3, 0.4) is 0 Å². The first kappa shape index (κ1) is 14.0. The molecule has 0 atom stereocenters. The summed E-state index contributed by atoms with van der Waals surface area (Å²) in [5.74, 6) is 0.591. The van der Waals surface area contributed by atoms with Gasteiger partial charge in [0.05, 0.1) is 0 Å². The largest absolute Gasteiger partial charge is 0.368 e. The van der Waals surface area contributed by atoms with E-state index in [0.717, 1.165) is 13.1 Å². The number of nitrogens with two attached hydrogens (primary N) is 1. The fraction of sp³-hybridized carbons (Fsp3) is 0.308. The number of aromatic nitrogens is 3. The Balaban J connectivity index is 2.28. The highest BCUT2D eigenvalue weighted by atomic mass is 19.1. The predicted octanol–water partition coefficient (Wildman–Crippen LogP) is 2.18. The van der Waals surface area contributed by atoms with Gasteiger partial charge in [-0.05, 0) is 32.0 Å². The van der Waals surface area contributed by atoms with Gasteiger partial charge in [0.25, 0.3) is 0 Å². The lowest BCUT2D eigenvalue weighted by molar-refractivity contribution is 0.628. The summed E-state index contributed by atoms with van der Waals surface area (Å²) in [6.07, 6.45) is 0. The summed E-state index contributed by atoms with van der Waals surface area (Å²) in [6.45, 7) is 5.53. The molecule has 0 radical (unpaired) electrons. The van der Waals surface area contributed by atoms with Crippen LogP contribution in [0, 0.1) is 5.82 Å². The molecule has 0 unspecified atom stereocenters. The Hall–Kier alpha value is -2.44. The molecule has 0 aliphatic heterocycles. The van der Waals surface area contributed by atoms with Crippen LogP contribution in [0.2, 0.25) is 0 Å². The molecule has 1 heterocycles. The van der Waals surface area contributed by atoms with Crippen molar-refractivity contribution in [3.8, 4) is 0 Å². The number of rotatable bonds is 5. The first-order chi connectivity index (χ1) is 9.62. The van der Waals surface area contributed by atoms with Crippen molar-refractivity contribution in [3.05, 3.63) is 30.1 Å². The standard InChI is InChI=1S/C13H17FN6/c1-3-20(4-2)13-18-11(15)17-12(19-13)16-10-7-5-6-9(14)8-10/h5-8H,3-4H2,1-2H3,(H3,15,16,17,18,19). The van der Waals surface area contributed by atoms with Crippen LogP contribution < -0.4 is 16.0 Å². The maximum Gasteiger partial charge on any atom is 0.233 e. The Bertz CT molecular complexity index is 585. The zero-order valence-corrected chi connectivity index (χ0v) is 11.5. The molecule has 0 saturated heterocycles. The van der Waals surface area contributed by atoms with E-state index in [1.165, 1.54) is 12.1 Å². The molecule has 20 heavy (non-hydrogen) atoms. The molecular formula is C13H17FN6. The smallest absolute Gasteiger partial charge is 0.233 e. The molecule has 1 aromatic carbocycles. The Labute approximate surface area is 116 Å². The monoisotopic (exact) mass is 276 g/mol. The average Bonchev–Trinajstić information content (AvgIpc) is 2.39. The average molecular weight is 276 g/mol. The highest BCUT2D eigenvalue weighted by Crippen LogP contribution is 2.17. The Morgan fingerprint density at radius 3 is 2.60 bits per heavy atom. The Kier molecular flexibility index (Phi) is 4.29. The molecule has 0 fully saturated rings. The Morgan fingerprint density at radius 2 is 1.95 bits per heavy atom. The van der Waals surface area contributed by atoms with Gasteiger partial charge in [0, 0.05) is 18.8 Å². The summed E-state index contributed by atoms with van der Waals surface area (Å²) >= 11 is 0. The normalized spacial score (nSPS) is 10.3. The van der Waals surface area contributed by atoms with E-state index in [-0.39, 0.29) is 11.8 Å². The number of halogens is 1. The highest BCUT2D eigenvalue weighted by Gasteiger charge is 2.10. The van der Waals surface area contributed by atoms with Crippen LogP contribution in [-0.2, 0) is 0 Å². The van der Waals surface area contributed by atoms with Crippen LogP contribution in [0.5, 0.6) is 0 Å². The molecule has 3 N–H and O–H groups in total. The molecule has 0 saturated carbocycles. The van der Waals surface area contributed by atoms with Gasteiger partial charge in [-0.3, -0.25) is 0 Å². The van der Waals surface area contributed by atoms with Gasteiger partial charge in [-0.25, -0.2) is 4.39 Å². The molecule has 106 valence electrons. The van der Waals surface area contributed by atoms with E-state index in [0.29, 0.717) is 17.6 Å². The van der Waals surface area contributed by atoms with E-state index in [2.05, 4.69) is 20.3 Å². The first-order valence-electron chi connectivity index (χ1n) is 6.41. The molecule has 0 aliphatic carbocycles. The molecular weight excluding hydrogens is 259 g/mol. The molecule has 6 nitrogen and oxygen atoms in total. The first-order valence-corrected chi connectivity index (χ1v) is 6.41. The summed E-state index contributed by atoms with van der Waals surface area (Å²) in [5.41, 5.74) is 6.24. The van der Waals surface area contributed by atoms with Gasteiger partial charge in [0.15, 0.2) is 0 Å². The zero-order chi connectivity index (χ0) is 14.5. The second-order valence-electron chi connectivity index (χ2n) is 4.12. The van der Waals surface area contributed by atoms with Crippen LogP contribution in [0.15, 0.2) is 24.3 Å². The van der Waals surface area contributed by atoms with Crippen molar-refractivity contribution >= 4 is 23.5 Å². The number of nitrogen functional groups attached to an aromatic ring is 1. The minimum atomic E-state index is -0.332. The van der Waals surface area contributed by atoms with Crippen LogP contribution >= 0.6 is 0 Å². The topological polar surface area (TPSA) is 80.0 Å². The zero-order valence-electron chi connectivity index (χ0n) is 11.5. The molecule has 1 aromatic heterocycles. The van der Waals surface area contributed by atoms with Gasteiger partial charge in [0.1, 0.15) is 5.82 Å². The molecule has 2 aromatic rings. The van der Waals surface area contributed by atoms with Gasteiger partial charge in [0.2, 0.25) is 17.8 Å². The van der Waals surface area contributed by atoms with Gasteiger partial charge in [-0.15, -0.1) is 0 Å². The SMILES string of the molecule is CCN(CC)c1nc(N)nc(Nc2cccc(F)c2)n1. The number of hydrogen-bond acceptors (Lipinski definition) is 6. The van der Waals surface area contributed by atoms with Crippen molar-refractivity contribution in [2.75, 3.05) is 29.0 Å². The summed E-state index contributed by atoms with van der Waals surface area (Å²) in [6, 6.07) is 6.05. The van der Waals surface area contributed by atoms with E-state index >= 15 is 0 Å². The van der Waals surface area contributed by atoms with Crippen molar-refractivity contribution in [2.45, 2.75) is 13.8 Å². The van der Waals surface area contributed by atoms with Crippen LogP contribution in [-0.4, -0.2) is 28.0 Å². The second kappa shape index (κ2) is 6.14. The summed E-state index contributed by atoms with van der Waals surface area (Å²) in [4.78, 5) is 14.4. The third-order valence-corrected chi connectivity index (χ3v) is 2.77. The number of nitrogens with zero attached hydrogens (tertiary/aromatic N) is 4. The van der Waals surface area contributed by atoms with Crippen molar-refractivity contribution in [1.29, 1.82) is 0 Å². The number of nitrogens with one attached hydrogen (secondary N) is 1. The quantitative estimate of drug-likeness (QED) is 0.871. The lowest BCUT2D eigenvalue weighted by Crippen LogP contribution is -2.25. The summed E-state index contributed by atoms with van der Waals surface area (Å²) in [7, 11) is 0. The van der Waals surface area contributed by atoms with Crippen molar-refractivity contribution in [3.63, 3.8) is 0 Å². The van der Waals surface area contributed by atoms with E-state index in [1.54, 1.807) is 12.1 Å². The van der Waals surface area contributed by atoms with Crippen LogP contribution in [0.4, 0.5) is 27.9 Å². The molecule has 0 aliphatic rings. The van der Waals surface area contributed by atoms with Crippen molar-refractivity contribution in [2.24, 2.45) is 0 Å². The summed E-state index contributed by atoms with van der Waals surface area (Å²) in [5, 5.41) is 2.92. The minimum Gasteiger partial charge on any atom is -0.368 e. The molecule has 0 spiro atoms. The molecule has 2 rings (SSSR count). The molecule has 0 bridgehead atoms. The maximum absolute atomic E-state index is 13.1. The number of anilines is 4. The minimum absolute atomic E-state index is 0.126. The fourth-order valence-corrected chi connectivity index (χ4v) is 1.78. The van der Waals surface area contributed by atoms with Gasteiger partial charge >= 0.3 is 0 Å².